The maximum Gasteiger partial charge on any atom is 0.313 e. The van der Waals surface area contributed by atoms with Crippen LogP contribution in [0.2, 0.25) is 5.02 Å². The molecule has 6 nitrogen and oxygen atoms in total. The van der Waals surface area contributed by atoms with Crippen LogP contribution in [-0.4, -0.2) is 35.6 Å². The molecule has 1 aliphatic carbocycles. The summed E-state index contributed by atoms with van der Waals surface area (Å²) in [5.74, 6) is 1.05. The summed E-state index contributed by atoms with van der Waals surface area (Å²) < 4.78 is 0. The van der Waals surface area contributed by atoms with E-state index in [1.165, 1.54) is 12.3 Å². The predicted molar refractivity (Wildman–Crippen MR) is 81.9 cm³/mol. The smallest absolute Gasteiger partial charge is 0.313 e. The van der Waals surface area contributed by atoms with Crippen molar-refractivity contribution in [3.05, 3.63) is 27.4 Å². The first kappa shape index (κ1) is 14.5. The number of halogens is 1. The Kier molecular flexibility index (Phi) is 4.26. The number of piperidine rings is 1. The molecule has 3 rings (SSSR count). The SMILES string of the molecule is O=[N+]([O-])c1cc(Cl)cnc1N(CC1CCNCC1)C1CC1. The highest BCUT2D eigenvalue weighted by molar-refractivity contribution is 6.30. The minimum atomic E-state index is -0.383. The van der Waals surface area contributed by atoms with Gasteiger partial charge >= 0.3 is 5.69 Å². The van der Waals surface area contributed by atoms with Crippen LogP contribution in [0.1, 0.15) is 25.7 Å². The second kappa shape index (κ2) is 6.15. The summed E-state index contributed by atoms with van der Waals surface area (Å²) in [4.78, 5) is 17.3. The van der Waals surface area contributed by atoms with E-state index in [0.717, 1.165) is 45.3 Å². The van der Waals surface area contributed by atoms with E-state index in [-0.39, 0.29) is 10.6 Å². The molecule has 0 atom stereocenters. The molecule has 1 N–H and O–H groups in total. The highest BCUT2D eigenvalue weighted by atomic mass is 35.5. The van der Waals surface area contributed by atoms with E-state index in [1.54, 1.807) is 0 Å². The van der Waals surface area contributed by atoms with Crippen LogP contribution >= 0.6 is 11.6 Å². The van der Waals surface area contributed by atoms with Crippen LogP contribution in [0.4, 0.5) is 11.5 Å². The third kappa shape index (κ3) is 3.44. The largest absolute Gasteiger partial charge is 0.348 e. The predicted octanol–water partition coefficient (Wildman–Crippen LogP) is 2.61. The molecule has 7 heteroatoms. The summed E-state index contributed by atoms with van der Waals surface area (Å²) in [6.45, 7) is 2.90. The zero-order valence-electron chi connectivity index (χ0n) is 11.8. The van der Waals surface area contributed by atoms with E-state index in [2.05, 4.69) is 15.2 Å². The number of hydrogen-bond acceptors (Lipinski definition) is 5. The fraction of sp³-hybridized carbons (Fsp3) is 0.643. The Morgan fingerprint density at radius 2 is 2.10 bits per heavy atom. The Morgan fingerprint density at radius 1 is 1.38 bits per heavy atom. The Morgan fingerprint density at radius 3 is 2.71 bits per heavy atom. The molecular weight excluding hydrogens is 292 g/mol. The Labute approximate surface area is 128 Å². The number of nitrogens with one attached hydrogen (secondary N) is 1. The van der Waals surface area contributed by atoms with Gasteiger partial charge in [0, 0.05) is 24.8 Å². The van der Waals surface area contributed by atoms with Crippen molar-refractivity contribution in [3.8, 4) is 0 Å². The van der Waals surface area contributed by atoms with Crippen LogP contribution in [0, 0.1) is 16.0 Å². The normalized spacial score (nSPS) is 19.5. The average molecular weight is 311 g/mol. The number of nitro groups is 1. The van der Waals surface area contributed by atoms with Crippen LogP contribution in [0.25, 0.3) is 0 Å². The van der Waals surface area contributed by atoms with Crippen LogP contribution < -0.4 is 10.2 Å². The summed E-state index contributed by atoms with van der Waals surface area (Å²) in [6, 6.07) is 1.80. The van der Waals surface area contributed by atoms with Gasteiger partial charge in [0.25, 0.3) is 0 Å². The van der Waals surface area contributed by atoms with Gasteiger partial charge in [-0.25, -0.2) is 4.98 Å². The van der Waals surface area contributed by atoms with Crippen molar-refractivity contribution in [1.29, 1.82) is 0 Å². The highest BCUT2D eigenvalue weighted by Gasteiger charge is 2.35. The van der Waals surface area contributed by atoms with Gasteiger partial charge in [-0.05, 0) is 44.7 Å². The number of anilines is 1. The van der Waals surface area contributed by atoms with Gasteiger partial charge in [-0.1, -0.05) is 11.6 Å². The molecule has 0 spiro atoms. The van der Waals surface area contributed by atoms with Crippen LogP contribution in [0.5, 0.6) is 0 Å². The van der Waals surface area contributed by atoms with Gasteiger partial charge in [0.15, 0.2) is 0 Å². The van der Waals surface area contributed by atoms with Crippen LogP contribution in [0.3, 0.4) is 0 Å². The molecule has 1 saturated carbocycles. The third-order valence-corrected chi connectivity index (χ3v) is 4.39. The molecule has 2 aliphatic rings. The number of aromatic nitrogens is 1. The Hall–Kier alpha value is -1.40. The van der Waals surface area contributed by atoms with E-state index < -0.39 is 0 Å². The molecule has 1 aromatic heterocycles. The average Bonchev–Trinajstić information content (AvgIpc) is 3.31. The van der Waals surface area contributed by atoms with Crippen molar-refractivity contribution in [1.82, 2.24) is 10.3 Å². The third-order valence-electron chi connectivity index (χ3n) is 4.18. The molecule has 21 heavy (non-hydrogen) atoms. The number of hydrogen-bond donors (Lipinski definition) is 1. The first-order valence-corrected chi connectivity index (χ1v) is 7.80. The molecule has 2 fully saturated rings. The zero-order chi connectivity index (χ0) is 14.8. The van der Waals surface area contributed by atoms with Crippen LogP contribution in [-0.2, 0) is 0 Å². The molecule has 114 valence electrons. The maximum absolute atomic E-state index is 11.3. The lowest BCUT2D eigenvalue weighted by Crippen LogP contribution is -2.38. The van der Waals surface area contributed by atoms with Crippen molar-refractivity contribution in [3.63, 3.8) is 0 Å². The molecule has 0 aromatic carbocycles. The topological polar surface area (TPSA) is 71.3 Å². The molecule has 1 aliphatic heterocycles. The fourth-order valence-corrected chi connectivity index (χ4v) is 3.07. The molecule has 0 unspecified atom stereocenters. The minimum absolute atomic E-state index is 0.0170. The summed E-state index contributed by atoms with van der Waals surface area (Å²) in [5, 5.41) is 14.9. The summed E-state index contributed by atoms with van der Waals surface area (Å²) in [7, 11) is 0. The van der Waals surface area contributed by atoms with Crippen molar-refractivity contribution in [2.75, 3.05) is 24.5 Å². The lowest BCUT2D eigenvalue weighted by Gasteiger charge is -2.30. The first-order valence-electron chi connectivity index (χ1n) is 7.42. The van der Waals surface area contributed by atoms with Gasteiger partial charge < -0.3 is 10.2 Å². The van der Waals surface area contributed by atoms with Crippen molar-refractivity contribution in [2.45, 2.75) is 31.7 Å². The Bertz CT molecular complexity index is 530. The lowest BCUT2D eigenvalue weighted by atomic mass is 9.97. The van der Waals surface area contributed by atoms with Gasteiger partial charge in [0.05, 0.1) is 9.95 Å². The van der Waals surface area contributed by atoms with Gasteiger partial charge in [0.1, 0.15) is 0 Å². The molecule has 1 saturated heterocycles. The number of pyridine rings is 1. The second-order valence-electron chi connectivity index (χ2n) is 5.83. The fourth-order valence-electron chi connectivity index (χ4n) is 2.91. The summed E-state index contributed by atoms with van der Waals surface area (Å²) in [6.07, 6.45) is 5.91. The monoisotopic (exact) mass is 310 g/mol. The van der Waals surface area contributed by atoms with Gasteiger partial charge in [-0.2, -0.15) is 0 Å². The molecule has 1 aromatic rings. The van der Waals surface area contributed by atoms with Gasteiger partial charge in [0.2, 0.25) is 5.82 Å². The maximum atomic E-state index is 11.3. The van der Waals surface area contributed by atoms with Crippen molar-refractivity contribution < 1.29 is 4.92 Å². The molecule has 0 radical (unpaired) electrons. The summed E-state index contributed by atoms with van der Waals surface area (Å²) in [5.41, 5.74) is 0.0170. The zero-order valence-corrected chi connectivity index (χ0v) is 12.6. The van der Waals surface area contributed by atoms with Gasteiger partial charge in [-0.3, -0.25) is 10.1 Å². The van der Waals surface area contributed by atoms with E-state index in [0.29, 0.717) is 22.8 Å². The second-order valence-corrected chi connectivity index (χ2v) is 6.27. The number of rotatable bonds is 5. The minimum Gasteiger partial charge on any atom is -0.348 e. The quantitative estimate of drug-likeness (QED) is 0.668. The molecule has 2 heterocycles. The van der Waals surface area contributed by atoms with E-state index in [1.807, 2.05) is 0 Å². The molecule has 0 amide bonds. The Balaban J connectivity index is 1.85. The van der Waals surface area contributed by atoms with Crippen molar-refractivity contribution in [2.24, 2.45) is 5.92 Å². The standard InChI is InChI=1S/C14H19ClN4O2/c15-11-7-13(19(20)21)14(17-8-11)18(12-1-2-12)9-10-3-5-16-6-4-10/h7-8,10,12,16H,1-6,9H2. The van der Waals surface area contributed by atoms with Gasteiger partial charge in [-0.15, -0.1) is 0 Å². The molecule has 0 bridgehead atoms. The van der Waals surface area contributed by atoms with E-state index in [9.17, 15) is 10.1 Å². The van der Waals surface area contributed by atoms with E-state index in [4.69, 9.17) is 11.6 Å². The summed E-state index contributed by atoms with van der Waals surface area (Å²) >= 11 is 5.86. The van der Waals surface area contributed by atoms with Crippen LogP contribution in [0.15, 0.2) is 12.3 Å². The van der Waals surface area contributed by atoms with E-state index >= 15 is 0 Å². The van der Waals surface area contributed by atoms with Crippen molar-refractivity contribution >= 4 is 23.1 Å². The molecular formula is C14H19ClN4O2. The lowest BCUT2D eigenvalue weighted by molar-refractivity contribution is -0.384. The highest BCUT2D eigenvalue weighted by Crippen LogP contribution is 2.37. The first-order chi connectivity index (χ1) is 10.1. The number of nitrogens with zero attached hydrogens (tertiary/aromatic N) is 3.